The lowest BCUT2D eigenvalue weighted by Gasteiger charge is -2.39. The van der Waals surface area contributed by atoms with E-state index in [9.17, 15) is 19.5 Å². The second-order valence-corrected chi connectivity index (χ2v) is 12.7. The van der Waals surface area contributed by atoms with Crippen LogP contribution in [0.15, 0.2) is 55.6 Å². The highest BCUT2D eigenvalue weighted by Crippen LogP contribution is 2.71. The number of carbonyl (C=O) groups excluding carboxylic acids is 3. The smallest absolute Gasteiger partial charge is 0.247 e. The molecule has 1 spiro atoms. The number of amides is 3. The maximum Gasteiger partial charge on any atom is 0.247 e. The molecule has 0 radical (unpaired) electrons. The van der Waals surface area contributed by atoms with Gasteiger partial charge >= 0.3 is 0 Å². The van der Waals surface area contributed by atoms with E-state index in [2.05, 4.69) is 20.1 Å². The minimum Gasteiger partial charge on any atom is -0.395 e. The molecule has 3 fully saturated rings. The fraction of sp³-hybridized carbons (Fsp3) is 0.552. The molecule has 1 aromatic carbocycles. The fourth-order valence-electron chi connectivity index (χ4n) is 6.67. The number of carbonyl (C=O) groups is 3. The molecular weight excluding hydrogens is 486 g/mol. The summed E-state index contributed by atoms with van der Waals surface area (Å²) >= 11 is 1.66. The Hall–Kier alpha value is -2.58. The van der Waals surface area contributed by atoms with E-state index in [1.54, 1.807) is 38.6 Å². The van der Waals surface area contributed by atoms with E-state index in [4.69, 9.17) is 0 Å². The zero-order chi connectivity index (χ0) is 27.0. The molecule has 37 heavy (non-hydrogen) atoms. The number of β-amino-alcohol motifs (C(OH)–C–C–N with tert-alkyl or cyclic N) is 1. The van der Waals surface area contributed by atoms with E-state index in [0.717, 1.165) is 12.0 Å². The number of hydrogen-bond acceptors (Lipinski definition) is 5. The Kier molecular flexibility index (Phi) is 7.91. The number of aliphatic hydroxyl groups excluding tert-OH is 1. The maximum absolute atomic E-state index is 14.2. The lowest BCUT2D eigenvalue weighted by molar-refractivity contribution is -0.146. The molecule has 5 atom stereocenters. The van der Waals surface area contributed by atoms with Gasteiger partial charge in [0.15, 0.2) is 0 Å². The Balaban J connectivity index is 1.74. The molecule has 3 saturated heterocycles. The van der Waals surface area contributed by atoms with Crippen molar-refractivity contribution in [1.29, 1.82) is 0 Å². The van der Waals surface area contributed by atoms with E-state index >= 15 is 0 Å². The fourth-order valence-corrected chi connectivity index (χ4v) is 9.01. The zero-order valence-corrected chi connectivity index (χ0v) is 23.0. The summed E-state index contributed by atoms with van der Waals surface area (Å²) in [7, 11) is 0. The normalized spacial score (nSPS) is 29.9. The van der Waals surface area contributed by atoms with Gasteiger partial charge in [0.25, 0.3) is 0 Å². The van der Waals surface area contributed by atoms with Crippen LogP contribution in [-0.4, -0.2) is 85.3 Å². The van der Waals surface area contributed by atoms with Crippen molar-refractivity contribution in [1.82, 2.24) is 14.7 Å². The van der Waals surface area contributed by atoms with Gasteiger partial charge in [0.1, 0.15) is 6.04 Å². The van der Waals surface area contributed by atoms with Gasteiger partial charge in [-0.15, -0.1) is 24.9 Å². The molecule has 3 amide bonds. The number of hydrogen-bond donors (Lipinski definition) is 1. The van der Waals surface area contributed by atoms with Crippen LogP contribution in [0.4, 0.5) is 0 Å². The number of nitrogens with zero attached hydrogens (tertiary/aromatic N) is 3. The van der Waals surface area contributed by atoms with Crippen LogP contribution in [0.3, 0.4) is 0 Å². The molecule has 3 heterocycles. The van der Waals surface area contributed by atoms with Gasteiger partial charge in [-0.2, -0.15) is 0 Å². The van der Waals surface area contributed by atoms with Crippen LogP contribution < -0.4 is 0 Å². The molecule has 2 bridgehead atoms. The molecule has 8 heteroatoms. The first kappa shape index (κ1) is 27.5. The second kappa shape index (κ2) is 10.7. The van der Waals surface area contributed by atoms with Crippen LogP contribution in [0.25, 0.3) is 0 Å². The van der Waals surface area contributed by atoms with Crippen molar-refractivity contribution in [2.45, 2.75) is 61.7 Å². The molecule has 7 nitrogen and oxygen atoms in total. The third-order valence-electron chi connectivity index (χ3n) is 8.23. The number of likely N-dealkylation sites (tertiary alicyclic amines) is 1. The summed E-state index contributed by atoms with van der Waals surface area (Å²) in [5.41, 5.74) is 1.01. The van der Waals surface area contributed by atoms with Gasteiger partial charge in [-0.05, 0) is 39.2 Å². The average Bonchev–Trinajstić information content (AvgIpc) is 3.43. The van der Waals surface area contributed by atoms with Crippen molar-refractivity contribution in [3.8, 4) is 0 Å². The Morgan fingerprint density at radius 2 is 1.84 bits per heavy atom. The van der Waals surface area contributed by atoms with Gasteiger partial charge in [-0.1, -0.05) is 42.5 Å². The molecule has 0 saturated carbocycles. The molecule has 3 aliphatic heterocycles. The summed E-state index contributed by atoms with van der Waals surface area (Å²) in [6, 6.07) is 9.02. The van der Waals surface area contributed by atoms with Gasteiger partial charge in [0.05, 0.1) is 23.2 Å². The molecule has 4 rings (SSSR count). The largest absolute Gasteiger partial charge is 0.395 e. The van der Waals surface area contributed by atoms with Gasteiger partial charge in [0, 0.05) is 37.0 Å². The van der Waals surface area contributed by atoms with Gasteiger partial charge in [-0.25, -0.2) is 0 Å². The van der Waals surface area contributed by atoms with Crippen LogP contribution in [-0.2, 0) is 20.9 Å². The summed E-state index contributed by atoms with van der Waals surface area (Å²) in [6.45, 7) is 14.7. The molecule has 1 aromatic rings. The predicted molar refractivity (Wildman–Crippen MR) is 147 cm³/mol. The van der Waals surface area contributed by atoms with Gasteiger partial charge < -0.3 is 19.8 Å². The van der Waals surface area contributed by atoms with E-state index in [-0.39, 0.29) is 36.9 Å². The number of rotatable bonds is 11. The van der Waals surface area contributed by atoms with E-state index in [1.807, 2.05) is 44.2 Å². The quantitative estimate of drug-likeness (QED) is 0.449. The van der Waals surface area contributed by atoms with Gasteiger partial charge in [-0.3, -0.25) is 14.4 Å². The summed E-state index contributed by atoms with van der Waals surface area (Å²) in [5, 5.41) is 9.85. The van der Waals surface area contributed by atoms with Crippen molar-refractivity contribution in [2.75, 3.05) is 26.2 Å². The van der Waals surface area contributed by atoms with Gasteiger partial charge in [0.2, 0.25) is 17.7 Å². The van der Waals surface area contributed by atoms with E-state index in [0.29, 0.717) is 26.1 Å². The lowest BCUT2D eigenvalue weighted by atomic mass is 9.66. The van der Waals surface area contributed by atoms with Crippen molar-refractivity contribution in [3.63, 3.8) is 0 Å². The summed E-state index contributed by atoms with van der Waals surface area (Å²) in [4.78, 5) is 47.4. The van der Waals surface area contributed by atoms with Crippen LogP contribution in [0.2, 0.25) is 0 Å². The molecule has 0 aromatic heterocycles. The number of aliphatic hydroxyl groups is 1. The first-order valence-electron chi connectivity index (χ1n) is 13.1. The van der Waals surface area contributed by atoms with Crippen molar-refractivity contribution >= 4 is 29.5 Å². The molecule has 1 N–H and O–H groups in total. The Bertz CT molecular complexity index is 1060. The van der Waals surface area contributed by atoms with Crippen molar-refractivity contribution in [3.05, 3.63) is 61.2 Å². The minimum atomic E-state index is -0.717. The first-order chi connectivity index (χ1) is 17.6. The molecule has 0 aliphatic carbocycles. The van der Waals surface area contributed by atoms with Crippen molar-refractivity contribution < 1.29 is 19.5 Å². The molecule has 3 aliphatic rings. The number of fused-ring (bicyclic) bond motifs is 1. The topological polar surface area (TPSA) is 81.2 Å². The molecular formula is C29H39N3O4S. The Morgan fingerprint density at radius 3 is 2.43 bits per heavy atom. The molecule has 2 unspecified atom stereocenters. The molecule has 200 valence electrons. The maximum atomic E-state index is 14.2. The van der Waals surface area contributed by atoms with Crippen molar-refractivity contribution in [2.24, 2.45) is 11.8 Å². The summed E-state index contributed by atoms with van der Waals surface area (Å²) < 4.78 is -1.14. The Labute approximate surface area is 224 Å². The number of benzene rings is 1. The Morgan fingerprint density at radius 1 is 1.16 bits per heavy atom. The van der Waals surface area contributed by atoms with E-state index in [1.165, 1.54) is 0 Å². The third-order valence-corrected chi connectivity index (χ3v) is 10.2. The highest BCUT2D eigenvalue weighted by atomic mass is 32.2. The van der Waals surface area contributed by atoms with Crippen LogP contribution in [0, 0.1) is 11.8 Å². The summed E-state index contributed by atoms with van der Waals surface area (Å²) in [6.07, 6.45) is 4.86. The lowest BCUT2D eigenvalue weighted by Crippen LogP contribution is -2.56. The van der Waals surface area contributed by atoms with Crippen LogP contribution >= 0.6 is 11.8 Å². The summed E-state index contributed by atoms with van der Waals surface area (Å²) in [5.74, 6) is -1.54. The second-order valence-electron chi connectivity index (χ2n) is 10.8. The highest BCUT2D eigenvalue weighted by Gasteiger charge is 2.77. The zero-order valence-electron chi connectivity index (χ0n) is 22.1. The van der Waals surface area contributed by atoms with Crippen LogP contribution in [0.5, 0.6) is 0 Å². The monoisotopic (exact) mass is 525 g/mol. The van der Waals surface area contributed by atoms with E-state index < -0.39 is 27.4 Å². The minimum absolute atomic E-state index is 0.0671. The third kappa shape index (κ3) is 4.52. The van der Waals surface area contributed by atoms with Crippen LogP contribution in [0.1, 0.15) is 39.2 Å². The SMILES string of the molecule is C=CCN(Cc1ccccc1)C(=O)[C@@H]1[C@H]2C(=O)N(CCO)C(C(=O)N(CC=C)C(C)C)C23CC[C@@]1(C)S3. The predicted octanol–water partition coefficient (Wildman–Crippen LogP) is 3.10. The first-order valence-corrected chi connectivity index (χ1v) is 13.9. The standard InChI is InChI=1S/C29H39N3O4S/c1-6-15-30(19-21-11-9-8-10-12-21)25(34)22-23-26(35)32(17-18-33)24(27(36)31(16-7-2)20(3)4)29(23)14-13-28(22,5)37-29/h6-12,20,22-24,33H,1-2,13-19H2,3-5H3/t22-,23-,24?,28+,29?/m0/s1. The highest BCUT2D eigenvalue weighted by molar-refractivity contribution is 8.02. The average molecular weight is 526 g/mol. The number of thioether (sulfide) groups is 1.